The van der Waals surface area contributed by atoms with Crippen LogP contribution in [0.3, 0.4) is 0 Å². The van der Waals surface area contributed by atoms with E-state index in [2.05, 4.69) is 23.5 Å². The Bertz CT molecular complexity index is 320. The van der Waals surface area contributed by atoms with Gasteiger partial charge in [0.15, 0.2) is 5.82 Å². The van der Waals surface area contributed by atoms with Crippen molar-refractivity contribution in [1.82, 2.24) is 4.98 Å². The van der Waals surface area contributed by atoms with Crippen LogP contribution in [-0.2, 0) is 0 Å². The van der Waals surface area contributed by atoms with Gasteiger partial charge in [0, 0.05) is 11.8 Å². The highest BCUT2D eigenvalue weighted by molar-refractivity contribution is 7.99. The van der Waals surface area contributed by atoms with Gasteiger partial charge in [0.25, 0.3) is 0 Å². The molecule has 1 rings (SSSR count). The number of rotatable bonds is 5. The highest BCUT2D eigenvalue weighted by atomic mass is 35.5. The van der Waals surface area contributed by atoms with E-state index in [1.165, 1.54) is 0 Å². The number of nitrogens with zero attached hydrogens (tertiary/aromatic N) is 1. The lowest BCUT2D eigenvalue weighted by molar-refractivity contribution is 0.850. The quantitative estimate of drug-likeness (QED) is 0.784. The van der Waals surface area contributed by atoms with Gasteiger partial charge >= 0.3 is 0 Å². The number of aromatic nitrogens is 1. The molecular weight excluding hydrogens is 230 g/mol. The summed E-state index contributed by atoms with van der Waals surface area (Å²) in [6.07, 6.45) is 3.19. The second-order valence-corrected chi connectivity index (χ2v) is 5.00. The number of pyridine rings is 1. The van der Waals surface area contributed by atoms with Gasteiger partial charge in [-0.15, -0.1) is 0 Å². The second kappa shape index (κ2) is 6.08. The molecule has 0 aromatic carbocycles. The summed E-state index contributed by atoms with van der Waals surface area (Å²) < 4.78 is 0. The molecule has 0 fully saturated rings. The second-order valence-electron chi connectivity index (χ2n) is 3.33. The number of hydrogen-bond donors (Lipinski definition) is 2. The van der Waals surface area contributed by atoms with Crippen LogP contribution in [0.2, 0.25) is 5.15 Å². The van der Waals surface area contributed by atoms with E-state index < -0.39 is 0 Å². The zero-order valence-electron chi connectivity index (χ0n) is 8.96. The monoisotopic (exact) mass is 245 g/mol. The van der Waals surface area contributed by atoms with Crippen molar-refractivity contribution in [3.63, 3.8) is 0 Å². The van der Waals surface area contributed by atoms with Crippen molar-refractivity contribution in [1.29, 1.82) is 0 Å². The molecular formula is C10H16ClN3S. The first-order valence-electron chi connectivity index (χ1n) is 4.82. The van der Waals surface area contributed by atoms with E-state index in [1.54, 1.807) is 12.1 Å². The minimum absolute atomic E-state index is 0.463. The number of hydrogen-bond acceptors (Lipinski definition) is 4. The predicted molar refractivity (Wildman–Crippen MR) is 69.7 cm³/mol. The Morgan fingerprint density at radius 1 is 1.60 bits per heavy atom. The molecule has 0 saturated heterocycles. The lowest BCUT2D eigenvalue weighted by Gasteiger charge is -2.11. The third-order valence-corrected chi connectivity index (χ3v) is 3.39. The van der Waals surface area contributed by atoms with Crippen LogP contribution in [0.5, 0.6) is 0 Å². The van der Waals surface area contributed by atoms with E-state index in [1.807, 2.05) is 11.8 Å². The first kappa shape index (κ1) is 12.5. The smallest absolute Gasteiger partial charge is 0.150 e. The zero-order chi connectivity index (χ0) is 11.3. The fraction of sp³-hybridized carbons (Fsp3) is 0.500. The molecule has 1 aromatic rings. The van der Waals surface area contributed by atoms with Crippen molar-refractivity contribution in [2.24, 2.45) is 0 Å². The van der Waals surface area contributed by atoms with E-state index in [4.69, 9.17) is 17.3 Å². The molecule has 15 heavy (non-hydrogen) atoms. The third kappa shape index (κ3) is 4.18. The maximum Gasteiger partial charge on any atom is 0.150 e. The van der Waals surface area contributed by atoms with E-state index >= 15 is 0 Å². The molecule has 1 unspecified atom stereocenters. The molecule has 3 N–H and O–H groups in total. The first-order chi connectivity index (χ1) is 7.13. The maximum absolute atomic E-state index is 5.77. The fourth-order valence-corrected chi connectivity index (χ4v) is 1.60. The van der Waals surface area contributed by atoms with E-state index in [-0.39, 0.29) is 0 Å². The molecule has 0 spiro atoms. The molecule has 1 aromatic heterocycles. The molecule has 0 bridgehead atoms. The van der Waals surface area contributed by atoms with Crippen molar-refractivity contribution in [2.45, 2.75) is 18.6 Å². The molecule has 3 nitrogen and oxygen atoms in total. The summed E-state index contributed by atoms with van der Waals surface area (Å²) in [4.78, 5) is 4.12. The summed E-state index contributed by atoms with van der Waals surface area (Å²) in [6, 6.07) is 3.45. The Labute approximate surface area is 99.8 Å². The first-order valence-corrected chi connectivity index (χ1v) is 6.48. The van der Waals surface area contributed by atoms with Gasteiger partial charge in [-0.25, -0.2) is 4.98 Å². The summed E-state index contributed by atoms with van der Waals surface area (Å²) in [5.41, 5.74) is 6.39. The summed E-state index contributed by atoms with van der Waals surface area (Å²) in [5, 5.41) is 4.28. The Kier molecular flexibility index (Phi) is 5.05. The van der Waals surface area contributed by atoms with Gasteiger partial charge in [0.1, 0.15) is 5.15 Å². The van der Waals surface area contributed by atoms with Crippen molar-refractivity contribution in [3.05, 3.63) is 17.3 Å². The lowest BCUT2D eigenvalue weighted by atomic mass is 10.3. The van der Waals surface area contributed by atoms with Gasteiger partial charge in [-0.3, -0.25) is 0 Å². The Morgan fingerprint density at radius 2 is 2.33 bits per heavy atom. The van der Waals surface area contributed by atoms with Gasteiger partial charge in [-0.2, -0.15) is 11.8 Å². The van der Waals surface area contributed by atoms with Crippen LogP contribution in [0.1, 0.15) is 13.3 Å². The van der Waals surface area contributed by atoms with E-state index in [9.17, 15) is 0 Å². The molecule has 0 aliphatic carbocycles. The van der Waals surface area contributed by atoms with Gasteiger partial charge in [-0.1, -0.05) is 18.5 Å². The van der Waals surface area contributed by atoms with Crippen LogP contribution in [0.4, 0.5) is 11.5 Å². The maximum atomic E-state index is 5.77. The molecule has 1 heterocycles. The molecule has 0 saturated carbocycles. The molecule has 0 radical (unpaired) electrons. The Balaban J connectivity index is 2.46. The van der Waals surface area contributed by atoms with Gasteiger partial charge in [0.2, 0.25) is 0 Å². The topological polar surface area (TPSA) is 50.9 Å². The number of halogens is 1. The average molecular weight is 246 g/mol. The number of thioether (sulfide) groups is 1. The van der Waals surface area contributed by atoms with Crippen molar-refractivity contribution < 1.29 is 0 Å². The standard InChI is InChI=1S/C10H16ClN3S/c1-7(15-2)5-6-13-10-8(12)3-4-9(11)14-10/h3-4,7H,5-6,12H2,1-2H3,(H,13,14). The Morgan fingerprint density at radius 3 is 3.00 bits per heavy atom. The number of nitrogen functional groups attached to an aromatic ring is 1. The largest absolute Gasteiger partial charge is 0.396 e. The van der Waals surface area contributed by atoms with E-state index in [0.29, 0.717) is 21.9 Å². The molecule has 1 atom stereocenters. The van der Waals surface area contributed by atoms with Crippen LogP contribution in [0.25, 0.3) is 0 Å². The highest BCUT2D eigenvalue weighted by Gasteiger charge is 2.03. The summed E-state index contributed by atoms with van der Waals surface area (Å²) >= 11 is 7.62. The van der Waals surface area contributed by atoms with Crippen molar-refractivity contribution >= 4 is 34.9 Å². The number of nitrogens with two attached hydrogens (primary N) is 1. The minimum Gasteiger partial charge on any atom is -0.396 e. The van der Waals surface area contributed by atoms with Gasteiger partial charge < -0.3 is 11.1 Å². The molecule has 5 heteroatoms. The lowest BCUT2D eigenvalue weighted by Crippen LogP contribution is -2.10. The molecule has 84 valence electrons. The van der Waals surface area contributed by atoms with Crippen LogP contribution < -0.4 is 11.1 Å². The Hall–Kier alpha value is -0.610. The van der Waals surface area contributed by atoms with Crippen molar-refractivity contribution in [3.8, 4) is 0 Å². The van der Waals surface area contributed by atoms with Gasteiger partial charge in [0.05, 0.1) is 5.69 Å². The molecule has 0 amide bonds. The van der Waals surface area contributed by atoms with Crippen LogP contribution in [0, 0.1) is 0 Å². The fourth-order valence-electron chi connectivity index (χ4n) is 1.10. The third-order valence-electron chi connectivity index (χ3n) is 2.14. The molecule has 0 aliphatic heterocycles. The summed E-state index contributed by atoms with van der Waals surface area (Å²) in [7, 11) is 0. The van der Waals surface area contributed by atoms with Crippen LogP contribution >= 0.6 is 23.4 Å². The minimum atomic E-state index is 0.463. The average Bonchev–Trinajstić information content (AvgIpc) is 2.23. The SMILES string of the molecule is CSC(C)CCNc1nc(Cl)ccc1N. The predicted octanol–water partition coefficient (Wildman–Crippen LogP) is 2.87. The normalized spacial score (nSPS) is 12.5. The molecule has 0 aliphatic rings. The zero-order valence-corrected chi connectivity index (χ0v) is 10.5. The highest BCUT2D eigenvalue weighted by Crippen LogP contribution is 2.18. The number of anilines is 2. The van der Waals surface area contributed by atoms with Crippen molar-refractivity contribution in [2.75, 3.05) is 23.9 Å². The van der Waals surface area contributed by atoms with Crippen LogP contribution in [0.15, 0.2) is 12.1 Å². The van der Waals surface area contributed by atoms with E-state index in [0.717, 1.165) is 13.0 Å². The van der Waals surface area contributed by atoms with Gasteiger partial charge in [-0.05, 0) is 24.8 Å². The summed E-state index contributed by atoms with van der Waals surface area (Å²) in [5.74, 6) is 0.677. The summed E-state index contributed by atoms with van der Waals surface area (Å²) in [6.45, 7) is 3.06. The van der Waals surface area contributed by atoms with Crippen LogP contribution in [-0.4, -0.2) is 23.0 Å². The number of nitrogens with one attached hydrogen (secondary N) is 1.